The van der Waals surface area contributed by atoms with E-state index in [1.807, 2.05) is 0 Å². The average Bonchev–Trinajstić information content (AvgIpc) is 2.91. The zero-order valence-corrected chi connectivity index (χ0v) is 13.9. The molecule has 0 fully saturated rings. The molecule has 0 amide bonds. The summed E-state index contributed by atoms with van der Waals surface area (Å²) in [6, 6.07) is 20.0. The van der Waals surface area contributed by atoms with Crippen LogP contribution in [-0.4, -0.2) is 4.98 Å². The van der Waals surface area contributed by atoms with Gasteiger partial charge in [0.05, 0.1) is 5.52 Å². The van der Waals surface area contributed by atoms with Crippen molar-refractivity contribution in [2.24, 2.45) is 0 Å². The fourth-order valence-corrected chi connectivity index (χ4v) is 3.57. The quantitative estimate of drug-likeness (QED) is 0.456. The van der Waals surface area contributed by atoms with Gasteiger partial charge in [0.15, 0.2) is 0 Å². The molecule has 0 unspecified atom stereocenters. The van der Waals surface area contributed by atoms with Crippen molar-refractivity contribution < 1.29 is 0 Å². The number of rotatable bonds is 2. The predicted molar refractivity (Wildman–Crippen MR) is 100 cm³/mol. The number of aromatic nitrogens is 1. The van der Waals surface area contributed by atoms with Crippen molar-refractivity contribution >= 4 is 21.8 Å². The van der Waals surface area contributed by atoms with Gasteiger partial charge in [0.1, 0.15) is 0 Å². The second-order valence-electron chi connectivity index (χ2n) is 6.47. The van der Waals surface area contributed by atoms with Crippen LogP contribution in [-0.2, 0) is 6.42 Å². The van der Waals surface area contributed by atoms with Gasteiger partial charge in [-0.3, -0.25) is 0 Å². The number of benzene rings is 3. The van der Waals surface area contributed by atoms with Crippen LogP contribution < -0.4 is 0 Å². The van der Waals surface area contributed by atoms with Crippen molar-refractivity contribution in [2.75, 3.05) is 0 Å². The molecule has 1 nitrogen and oxygen atoms in total. The van der Waals surface area contributed by atoms with Crippen LogP contribution in [0.4, 0.5) is 0 Å². The molecular weight excluding hydrogens is 278 g/mol. The molecule has 0 saturated heterocycles. The van der Waals surface area contributed by atoms with Gasteiger partial charge in [0.25, 0.3) is 0 Å². The first-order chi connectivity index (χ1) is 11.2. The van der Waals surface area contributed by atoms with Gasteiger partial charge < -0.3 is 4.98 Å². The van der Waals surface area contributed by atoms with E-state index in [0.717, 1.165) is 6.42 Å². The molecule has 0 aliphatic carbocycles. The lowest BCUT2D eigenvalue weighted by atomic mass is 9.95. The molecule has 3 aromatic carbocycles. The SMILES string of the molecule is CCc1cc(-c2cc(C)cc(C)c2)c2[nH]c3ccccc3c2c1. The fraction of sp³-hybridized carbons (Fsp3) is 0.182. The van der Waals surface area contributed by atoms with Crippen LogP contribution in [0, 0.1) is 13.8 Å². The molecular formula is C22H21N. The van der Waals surface area contributed by atoms with Crippen LogP contribution in [0.25, 0.3) is 32.9 Å². The smallest absolute Gasteiger partial charge is 0.0544 e. The molecule has 0 aliphatic rings. The van der Waals surface area contributed by atoms with Gasteiger partial charge >= 0.3 is 0 Å². The zero-order chi connectivity index (χ0) is 16.0. The number of hydrogen-bond donors (Lipinski definition) is 1. The third-order valence-corrected chi connectivity index (χ3v) is 4.62. The Hall–Kier alpha value is -2.54. The van der Waals surface area contributed by atoms with Crippen molar-refractivity contribution in [3.63, 3.8) is 0 Å². The summed E-state index contributed by atoms with van der Waals surface area (Å²) in [4.78, 5) is 3.64. The average molecular weight is 299 g/mol. The highest BCUT2D eigenvalue weighted by Crippen LogP contribution is 2.35. The van der Waals surface area contributed by atoms with E-state index in [2.05, 4.69) is 80.4 Å². The standard InChI is InChI=1S/C22H21N/c1-4-16-12-19(17-10-14(2)9-15(3)11-17)22-20(13-16)18-7-5-6-8-21(18)23-22/h5-13,23H,4H2,1-3H3. The highest BCUT2D eigenvalue weighted by atomic mass is 14.7. The monoisotopic (exact) mass is 299 g/mol. The number of hydrogen-bond acceptors (Lipinski definition) is 0. The summed E-state index contributed by atoms with van der Waals surface area (Å²) < 4.78 is 0. The minimum Gasteiger partial charge on any atom is -0.354 e. The van der Waals surface area contributed by atoms with Crippen molar-refractivity contribution in [1.29, 1.82) is 0 Å². The molecule has 1 heteroatoms. The van der Waals surface area contributed by atoms with E-state index in [1.54, 1.807) is 0 Å². The molecule has 0 saturated carbocycles. The van der Waals surface area contributed by atoms with E-state index in [0.29, 0.717) is 0 Å². The van der Waals surface area contributed by atoms with Gasteiger partial charge in [0.2, 0.25) is 0 Å². The summed E-state index contributed by atoms with van der Waals surface area (Å²) in [7, 11) is 0. The molecule has 1 heterocycles. The Bertz CT molecular complexity index is 1000. The van der Waals surface area contributed by atoms with E-state index in [9.17, 15) is 0 Å². The van der Waals surface area contributed by atoms with Gasteiger partial charge in [-0.25, -0.2) is 0 Å². The predicted octanol–water partition coefficient (Wildman–Crippen LogP) is 6.17. The minimum absolute atomic E-state index is 1.05. The molecule has 0 atom stereocenters. The largest absolute Gasteiger partial charge is 0.354 e. The van der Waals surface area contributed by atoms with Crippen molar-refractivity contribution in [1.82, 2.24) is 4.98 Å². The van der Waals surface area contributed by atoms with Gasteiger partial charge in [-0.2, -0.15) is 0 Å². The lowest BCUT2D eigenvalue weighted by molar-refractivity contribution is 1.15. The topological polar surface area (TPSA) is 15.8 Å². The molecule has 0 bridgehead atoms. The molecule has 114 valence electrons. The highest BCUT2D eigenvalue weighted by molar-refractivity contribution is 6.12. The van der Waals surface area contributed by atoms with E-state index in [-0.39, 0.29) is 0 Å². The molecule has 1 N–H and O–H groups in total. The third kappa shape index (κ3) is 2.33. The molecule has 0 spiro atoms. The summed E-state index contributed by atoms with van der Waals surface area (Å²) in [6.07, 6.45) is 1.05. The fourth-order valence-electron chi connectivity index (χ4n) is 3.57. The number of aromatic amines is 1. The third-order valence-electron chi connectivity index (χ3n) is 4.62. The van der Waals surface area contributed by atoms with E-state index >= 15 is 0 Å². The summed E-state index contributed by atoms with van der Waals surface area (Å²) in [6.45, 7) is 6.56. The number of H-pyrrole nitrogens is 1. The molecule has 4 rings (SSSR count). The summed E-state index contributed by atoms with van der Waals surface area (Å²) in [5, 5.41) is 2.64. The Morgan fingerprint density at radius 2 is 1.57 bits per heavy atom. The zero-order valence-electron chi connectivity index (χ0n) is 13.9. The maximum absolute atomic E-state index is 3.64. The van der Waals surface area contributed by atoms with Crippen LogP contribution in [0.2, 0.25) is 0 Å². The first kappa shape index (κ1) is 14.1. The Kier molecular flexibility index (Phi) is 3.23. The molecule has 0 radical (unpaired) electrons. The van der Waals surface area contributed by atoms with Gasteiger partial charge in [0, 0.05) is 21.9 Å². The highest BCUT2D eigenvalue weighted by Gasteiger charge is 2.11. The van der Waals surface area contributed by atoms with Crippen molar-refractivity contribution in [2.45, 2.75) is 27.2 Å². The normalized spacial score (nSPS) is 11.4. The maximum Gasteiger partial charge on any atom is 0.0544 e. The van der Waals surface area contributed by atoms with Crippen LogP contribution in [0.1, 0.15) is 23.6 Å². The van der Waals surface area contributed by atoms with Crippen LogP contribution in [0.3, 0.4) is 0 Å². The first-order valence-corrected chi connectivity index (χ1v) is 8.27. The summed E-state index contributed by atoms with van der Waals surface area (Å²) in [5.74, 6) is 0. The summed E-state index contributed by atoms with van der Waals surface area (Å²) >= 11 is 0. The number of nitrogens with one attached hydrogen (secondary N) is 1. The molecule has 4 aromatic rings. The maximum atomic E-state index is 3.64. The van der Waals surface area contributed by atoms with Crippen LogP contribution in [0.15, 0.2) is 54.6 Å². The second-order valence-corrected chi connectivity index (χ2v) is 6.47. The van der Waals surface area contributed by atoms with Crippen LogP contribution >= 0.6 is 0 Å². The summed E-state index contributed by atoms with van der Waals surface area (Å²) in [5.41, 5.74) is 9.07. The Balaban J connectivity index is 2.12. The Morgan fingerprint density at radius 1 is 0.826 bits per heavy atom. The Morgan fingerprint density at radius 3 is 2.30 bits per heavy atom. The van der Waals surface area contributed by atoms with Crippen molar-refractivity contribution in [3.05, 3.63) is 71.3 Å². The number of aryl methyl sites for hydroxylation is 3. The van der Waals surface area contributed by atoms with E-state index < -0.39 is 0 Å². The van der Waals surface area contributed by atoms with Crippen LogP contribution in [0.5, 0.6) is 0 Å². The lowest BCUT2D eigenvalue weighted by Crippen LogP contribution is -1.88. The second kappa shape index (κ2) is 5.27. The van der Waals surface area contributed by atoms with Crippen molar-refractivity contribution in [3.8, 4) is 11.1 Å². The first-order valence-electron chi connectivity index (χ1n) is 8.27. The van der Waals surface area contributed by atoms with E-state index in [4.69, 9.17) is 0 Å². The lowest BCUT2D eigenvalue weighted by Gasteiger charge is -2.09. The van der Waals surface area contributed by atoms with Gasteiger partial charge in [-0.1, -0.05) is 54.4 Å². The Labute approximate surface area is 137 Å². The molecule has 1 aromatic heterocycles. The molecule has 23 heavy (non-hydrogen) atoms. The van der Waals surface area contributed by atoms with Gasteiger partial charge in [-0.05, 0) is 49.6 Å². The van der Waals surface area contributed by atoms with Gasteiger partial charge in [-0.15, -0.1) is 0 Å². The van der Waals surface area contributed by atoms with E-state index in [1.165, 1.54) is 49.6 Å². The number of fused-ring (bicyclic) bond motifs is 3. The number of para-hydroxylation sites is 1. The molecule has 0 aliphatic heterocycles. The minimum atomic E-state index is 1.05.